The van der Waals surface area contributed by atoms with Crippen LogP contribution in [-0.4, -0.2) is 31.2 Å². The molecule has 2 aliphatic heterocycles. The number of nitrogens with zero attached hydrogens (tertiary/aromatic N) is 1. The summed E-state index contributed by atoms with van der Waals surface area (Å²) in [5.74, 6) is -0.224. The van der Waals surface area contributed by atoms with Crippen molar-refractivity contribution in [2.24, 2.45) is 0 Å². The van der Waals surface area contributed by atoms with Crippen LogP contribution < -0.4 is 10.6 Å². The van der Waals surface area contributed by atoms with E-state index in [-0.39, 0.29) is 10.8 Å². The molecular weight excluding hydrogens is 374 g/mol. The lowest BCUT2D eigenvalue weighted by Gasteiger charge is -2.33. The standard InChI is InChI=1S/C21H25N3O3S/c25-21(23-13-16-9-10-17-14-22-15-18(17)12-16)20-8-4-5-11-24(20)28(26,27)19-6-2-1-3-7-19/h1-3,6-7,9-10,12,20,22H,4-5,8,11,13-15H2,(H,23,25). The fourth-order valence-electron chi connectivity index (χ4n) is 3.95. The van der Waals surface area contributed by atoms with Crippen molar-refractivity contribution in [2.45, 2.75) is 49.8 Å². The van der Waals surface area contributed by atoms with Crippen LogP contribution in [0.3, 0.4) is 0 Å². The average molecular weight is 400 g/mol. The van der Waals surface area contributed by atoms with E-state index in [0.717, 1.165) is 31.5 Å². The molecule has 2 aliphatic rings. The molecule has 7 heteroatoms. The Balaban J connectivity index is 1.47. The van der Waals surface area contributed by atoms with E-state index >= 15 is 0 Å². The smallest absolute Gasteiger partial charge is 0.243 e. The van der Waals surface area contributed by atoms with Gasteiger partial charge in [-0.1, -0.05) is 42.8 Å². The molecule has 2 N–H and O–H groups in total. The van der Waals surface area contributed by atoms with E-state index in [1.807, 2.05) is 6.07 Å². The van der Waals surface area contributed by atoms with Crippen LogP contribution in [0.4, 0.5) is 0 Å². The molecule has 0 aromatic heterocycles. The molecule has 2 heterocycles. The van der Waals surface area contributed by atoms with Gasteiger partial charge in [0, 0.05) is 26.2 Å². The zero-order valence-electron chi connectivity index (χ0n) is 15.7. The van der Waals surface area contributed by atoms with Crippen molar-refractivity contribution in [3.63, 3.8) is 0 Å². The minimum Gasteiger partial charge on any atom is -0.351 e. The number of carbonyl (C=O) groups excluding carboxylic acids is 1. The molecule has 0 bridgehead atoms. The number of benzene rings is 2. The monoisotopic (exact) mass is 399 g/mol. The van der Waals surface area contributed by atoms with Gasteiger partial charge in [0.2, 0.25) is 15.9 Å². The topological polar surface area (TPSA) is 78.5 Å². The van der Waals surface area contributed by atoms with Gasteiger partial charge in [-0.05, 0) is 41.7 Å². The molecule has 2 aromatic carbocycles. The largest absolute Gasteiger partial charge is 0.351 e. The van der Waals surface area contributed by atoms with Crippen LogP contribution in [0.2, 0.25) is 0 Å². The Morgan fingerprint density at radius 1 is 1.07 bits per heavy atom. The molecule has 0 radical (unpaired) electrons. The zero-order chi connectivity index (χ0) is 19.6. The Labute approximate surface area is 166 Å². The van der Waals surface area contributed by atoms with Gasteiger partial charge in [0.05, 0.1) is 4.90 Å². The van der Waals surface area contributed by atoms with Gasteiger partial charge in [0.25, 0.3) is 0 Å². The van der Waals surface area contributed by atoms with E-state index in [2.05, 4.69) is 22.8 Å². The molecule has 28 heavy (non-hydrogen) atoms. The van der Waals surface area contributed by atoms with Crippen LogP contribution >= 0.6 is 0 Å². The predicted octanol–water partition coefficient (Wildman–Crippen LogP) is 2.15. The number of sulfonamides is 1. The lowest BCUT2D eigenvalue weighted by molar-refractivity contribution is -0.125. The summed E-state index contributed by atoms with van der Waals surface area (Å²) in [5.41, 5.74) is 3.59. The summed E-state index contributed by atoms with van der Waals surface area (Å²) in [6.07, 6.45) is 2.17. The fraction of sp³-hybridized carbons (Fsp3) is 0.381. The van der Waals surface area contributed by atoms with Crippen LogP contribution in [0.15, 0.2) is 53.4 Å². The van der Waals surface area contributed by atoms with Crippen molar-refractivity contribution in [1.29, 1.82) is 0 Å². The first-order valence-electron chi connectivity index (χ1n) is 9.72. The van der Waals surface area contributed by atoms with E-state index in [1.165, 1.54) is 15.4 Å². The quantitative estimate of drug-likeness (QED) is 0.808. The van der Waals surface area contributed by atoms with Gasteiger partial charge in [-0.25, -0.2) is 8.42 Å². The number of piperidine rings is 1. The minimum atomic E-state index is -3.68. The highest BCUT2D eigenvalue weighted by Crippen LogP contribution is 2.25. The second kappa shape index (κ2) is 8.03. The Morgan fingerprint density at radius 2 is 1.86 bits per heavy atom. The van der Waals surface area contributed by atoms with Gasteiger partial charge in [-0.3, -0.25) is 4.79 Å². The summed E-state index contributed by atoms with van der Waals surface area (Å²) in [6, 6.07) is 13.9. The van der Waals surface area contributed by atoms with Crippen molar-refractivity contribution in [1.82, 2.24) is 14.9 Å². The molecule has 1 atom stereocenters. The number of fused-ring (bicyclic) bond motifs is 1. The number of amides is 1. The van der Waals surface area contributed by atoms with E-state index in [1.54, 1.807) is 30.3 Å². The highest BCUT2D eigenvalue weighted by Gasteiger charge is 2.37. The molecule has 2 aromatic rings. The number of hydrogen-bond donors (Lipinski definition) is 2. The summed E-state index contributed by atoms with van der Waals surface area (Å²) < 4.78 is 27.5. The van der Waals surface area contributed by atoms with Crippen LogP contribution in [0.5, 0.6) is 0 Å². The molecule has 0 saturated carbocycles. The van der Waals surface area contributed by atoms with Gasteiger partial charge < -0.3 is 10.6 Å². The van der Waals surface area contributed by atoms with Crippen molar-refractivity contribution in [3.05, 3.63) is 65.2 Å². The first-order valence-corrected chi connectivity index (χ1v) is 11.2. The Bertz CT molecular complexity index is 960. The Kier molecular flexibility index (Phi) is 5.48. The van der Waals surface area contributed by atoms with Crippen molar-refractivity contribution < 1.29 is 13.2 Å². The molecule has 4 rings (SSSR count). The van der Waals surface area contributed by atoms with E-state index in [4.69, 9.17) is 0 Å². The summed E-state index contributed by atoms with van der Waals surface area (Å²) in [7, 11) is -3.68. The van der Waals surface area contributed by atoms with Crippen LogP contribution in [0.25, 0.3) is 0 Å². The first-order chi connectivity index (χ1) is 13.6. The van der Waals surface area contributed by atoms with Crippen molar-refractivity contribution in [2.75, 3.05) is 6.54 Å². The maximum Gasteiger partial charge on any atom is 0.243 e. The SMILES string of the molecule is O=C(NCc1ccc2c(c1)CNC2)C1CCCCN1S(=O)(=O)c1ccccc1. The molecule has 1 amide bonds. The molecule has 1 unspecified atom stereocenters. The second-order valence-electron chi connectivity index (χ2n) is 7.36. The molecule has 0 aliphatic carbocycles. The van der Waals surface area contributed by atoms with Crippen molar-refractivity contribution in [3.8, 4) is 0 Å². The van der Waals surface area contributed by atoms with Crippen LogP contribution in [-0.2, 0) is 34.5 Å². The van der Waals surface area contributed by atoms with Gasteiger partial charge in [0.1, 0.15) is 6.04 Å². The van der Waals surface area contributed by atoms with E-state index in [9.17, 15) is 13.2 Å². The molecule has 1 fully saturated rings. The Hall–Kier alpha value is -2.22. The third kappa shape index (κ3) is 3.83. The summed E-state index contributed by atoms with van der Waals surface area (Å²) >= 11 is 0. The van der Waals surface area contributed by atoms with Crippen LogP contribution in [0, 0.1) is 0 Å². The highest BCUT2D eigenvalue weighted by molar-refractivity contribution is 7.89. The predicted molar refractivity (Wildman–Crippen MR) is 107 cm³/mol. The molecular formula is C21H25N3O3S. The summed E-state index contributed by atoms with van der Waals surface area (Å²) in [5, 5.41) is 6.26. The number of nitrogens with one attached hydrogen (secondary N) is 2. The molecule has 1 saturated heterocycles. The lowest BCUT2D eigenvalue weighted by Crippen LogP contribution is -2.51. The lowest BCUT2D eigenvalue weighted by atomic mass is 10.0. The average Bonchev–Trinajstić information content (AvgIpc) is 3.20. The highest BCUT2D eigenvalue weighted by atomic mass is 32.2. The Morgan fingerprint density at radius 3 is 2.68 bits per heavy atom. The third-order valence-electron chi connectivity index (χ3n) is 5.47. The fourth-order valence-corrected chi connectivity index (χ4v) is 5.63. The third-order valence-corrected chi connectivity index (χ3v) is 7.40. The number of rotatable bonds is 5. The zero-order valence-corrected chi connectivity index (χ0v) is 16.5. The second-order valence-corrected chi connectivity index (χ2v) is 9.26. The maximum absolute atomic E-state index is 13.0. The normalized spacial score (nSPS) is 19.9. The molecule has 0 spiro atoms. The van der Waals surface area contributed by atoms with Gasteiger partial charge in [-0.2, -0.15) is 4.31 Å². The maximum atomic E-state index is 13.0. The number of carbonyl (C=O) groups is 1. The first kappa shape index (κ1) is 19.1. The summed E-state index contributed by atoms with van der Waals surface area (Å²) in [4.78, 5) is 13.1. The molecule has 6 nitrogen and oxygen atoms in total. The van der Waals surface area contributed by atoms with Gasteiger partial charge in [0.15, 0.2) is 0 Å². The van der Waals surface area contributed by atoms with Crippen LogP contribution in [0.1, 0.15) is 36.0 Å². The van der Waals surface area contributed by atoms with Gasteiger partial charge in [-0.15, -0.1) is 0 Å². The van der Waals surface area contributed by atoms with Gasteiger partial charge >= 0.3 is 0 Å². The minimum absolute atomic E-state index is 0.224. The van der Waals surface area contributed by atoms with Crippen molar-refractivity contribution >= 4 is 15.9 Å². The van der Waals surface area contributed by atoms with E-state index < -0.39 is 16.1 Å². The number of hydrogen-bond acceptors (Lipinski definition) is 4. The summed E-state index contributed by atoms with van der Waals surface area (Å²) in [6.45, 7) is 2.51. The van der Waals surface area contributed by atoms with E-state index in [0.29, 0.717) is 19.5 Å². The molecule has 148 valence electrons.